The standard InChI is InChI=1S/C6H13OS/c1-5(2)4-8-6(3)7/h5-6H,4H2,1-3H3. The Morgan fingerprint density at radius 3 is 2.00 bits per heavy atom. The van der Waals surface area contributed by atoms with E-state index < -0.39 is 5.44 Å². The molecule has 1 unspecified atom stereocenters. The fourth-order valence-corrected chi connectivity index (χ4v) is 0.984. The van der Waals surface area contributed by atoms with Crippen LogP contribution in [0.2, 0.25) is 0 Å². The molecule has 0 N–H and O–H groups in total. The van der Waals surface area contributed by atoms with Gasteiger partial charge < -0.3 is 0 Å². The van der Waals surface area contributed by atoms with Gasteiger partial charge in [-0.25, -0.2) is 5.11 Å². The van der Waals surface area contributed by atoms with Gasteiger partial charge >= 0.3 is 0 Å². The molecule has 0 aliphatic carbocycles. The minimum Gasteiger partial charge on any atom is -0.222 e. The molecule has 1 atom stereocenters. The van der Waals surface area contributed by atoms with Gasteiger partial charge in [-0.05, 0) is 18.6 Å². The molecule has 8 heavy (non-hydrogen) atoms. The zero-order chi connectivity index (χ0) is 6.57. The average Bonchev–Trinajstić information content (AvgIpc) is 1.61. The number of hydrogen-bond donors (Lipinski definition) is 0. The molecule has 0 rings (SSSR count). The Bertz CT molecular complexity index is 44.5. The quantitative estimate of drug-likeness (QED) is 0.540. The summed E-state index contributed by atoms with van der Waals surface area (Å²) in [4.78, 5) is 0. The smallest absolute Gasteiger partial charge is 0.136 e. The maximum Gasteiger partial charge on any atom is 0.136 e. The molecule has 0 aromatic heterocycles. The summed E-state index contributed by atoms with van der Waals surface area (Å²) in [5.41, 5.74) is -0.447. The lowest BCUT2D eigenvalue weighted by molar-refractivity contribution is 0.181. The predicted molar refractivity (Wildman–Crippen MR) is 37.4 cm³/mol. The zero-order valence-electron chi connectivity index (χ0n) is 5.68. The Morgan fingerprint density at radius 1 is 1.38 bits per heavy atom. The number of rotatable bonds is 3. The van der Waals surface area contributed by atoms with Gasteiger partial charge in [0.2, 0.25) is 0 Å². The van der Waals surface area contributed by atoms with Crippen LogP contribution in [0.3, 0.4) is 0 Å². The summed E-state index contributed by atoms with van der Waals surface area (Å²) in [7, 11) is 0. The van der Waals surface area contributed by atoms with Crippen molar-refractivity contribution in [3.63, 3.8) is 0 Å². The Labute approximate surface area is 55.5 Å². The first-order valence-electron chi connectivity index (χ1n) is 2.90. The van der Waals surface area contributed by atoms with Crippen molar-refractivity contribution < 1.29 is 5.11 Å². The molecule has 0 aliphatic heterocycles. The molecule has 2 heteroatoms. The highest BCUT2D eigenvalue weighted by molar-refractivity contribution is 7.99. The average molecular weight is 133 g/mol. The van der Waals surface area contributed by atoms with Crippen molar-refractivity contribution in [3.8, 4) is 0 Å². The van der Waals surface area contributed by atoms with Gasteiger partial charge in [0, 0.05) is 0 Å². The van der Waals surface area contributed by atoms with Crippen molar-refractivity contribution >= 4 is 11.8 Å². The first-order chi connectivity index (χ1) is 3.63. The van der Waals surface area contributed by atoms with E-state index in [2.05, 4.69) is 13.8 Å². The first kappa shape index (κ1) is 8.31. The largest absolute Gasteiger partial charge is 0.222 e. The second-order valence-electron chi connectivity index (χ2n) is 2.29. The van der Waals surface area contributed by atoms with E-state index in [4.69, 9.17) is 0 Å². The van der Waals surface area contributed by atoms with E-state index in [1.165, 1.54) is 11.8 Å². The highest BCUT2D eigenvalue weighted by Crippen LogP contribution is 2.11. The van der Waals surface area contributed by atoms with Crippen LogP contribution < -0.4 is 0 Å². The van der Waals surface area contributed by atoms with Crippen molar-refractivity contribution in [1.29, 1.82) is 0 Å². The van der Waals surface area contributed by atoms with Crippen molar-refractivity contribution in [3.05, 3.63) is 0 Å². The molecule has 0 amide bonds. The molecule has 0 bridgehead atoms. The van der Waals surface area contributed by atoms with E-state index in [9.17, 15) is 5.11 Å². The summed E-state index contributed by atoms with van der Waals surface area (Å²) >= 11 is 1.48. The van der Waals surface area contributed by atoms with Crippen LogP contribution >= 0.6 is 11.8 Å². The van der Waals surface area contributed by atoms with E-state index in [1.807, 2.05) is 0 Å². The summed E-state index contributed by atoms with van der Waals surface area (Å²) in [5, 5.41) is 10.4. The third-order valence-corrected chi connectivity index (χ3v) is 1.99. The van der Waals surface area contributed by atoms with Gasteiger partial charge in [0.25, 0.3) is 0 Å². The maximum atomic E-state index is 10.4. The normalized spacial score (nSPS) is 14.6. The second-order valence-corrected chi connectivity index (χ2v) is 3.63. The van der Waals surface area contributed by atoms with E-state index in [0.717, 1.165) is 5.75 Å². The third kappa shape index (κ3) is 6.31. The summed E-state index contributed by atoms with van der Waals surface area (Å²) in [6.07, 6.45) is 0. The summed E-state index contributed by atoms with van der Waals surface area (Å²) in [6.45, 7) is 5.93. The SMILES string of the molecule is CC(C)CSC(C)[O]. The monoisotopic (exact) mass is 133 g/mol. The molecule has 0 fully saturated rings. The van der Waals surface area contributed by atoms with Crippen LogP contribution in [0.1, 0.15) is 20.8 Å². The van der Waals surface area contributed by atoms with Gasteiger partial charge in [-0.3, -0.25) is 0 Å². The lowest BCUT2D eigenvalue weighted by Gasteiger charge is -2.03. The zero-order valence-corrected chi connectivity index (χ0v) is 6.49. The van der Waals surface area contributed by atoms with Gasteiger partial charge in [0.15, 0.2) is 0 Å². The molecule has 0 spiro atoms. The predicted octanol–water partition coefficient (Wildman–Crippen LogP) is 2.15. The second kappa shape index (κ2) is 4.21. The van der Waals surface area contributed by atoms with Crippen LogP contribution in [-0.4, -0.2) is 11.2 Å². The summed E-state index contributed by atoms with van der Waals surface area (Å²) in [6, 6.07) is 0. The van der Waals surface area contributed by atoms with Crippen molar-refractivity contribution in [1.82, 2.24) is 0 Å². The third-order valence-electron chi connectivity index (χ3n) is 0.664. The molecule has 1 radical (unpaired) electrons. The highest BCUT2D eigenvalue weighted by Gasteiger charge is 1.98. The molecule has 0 aromatic rings. The Balaban J connectivity index is 2.93. The van der Waals surface area contributed by atoms with Crippen LogP contribution in [0.4, 0.5) is 0 Å². The van der Waals surface area contributed by atoms with E-state index >= 15 is 0 Å². The molecular formula is C6H13OS. The first-order valence-corrected chi connectivity index (χ1v) is 3.95. The van der Waals surface area contributed by atoms with Crippen LogP contribution in [0, 0.1) is 5.92 Å². The molecule has 0 aliphatic rings. The molecular weight excluding hydrogens is 120 g/mol. The topological polar surface area (TPSA) is 19.9 Å². The molecule has 0 saturated heterocycles. The van der Waals surface area contributed by atoms with E-state index in [0.29, 0.717) is 5.92 Å². The van der Waals surface area contributed by atoms with Crippen LogP contribution in [0.25, 0.3) is 0 Å². The lowest BCUT2D eigenvalue weighted by Crippen LogP contribution is -1.97. The highest BCUT2D eigenvalue weighted by atomic mass is 32.2. The van der Waals surface area contributed by atoms with Gasteiger partial charge in [0.05, 0.1) is 0 Å². The van der Waals surface area contributed by atoms with Gasteiger partial charge in [-0.15, -0.1) is 11.8 Å². The number of hydrogen-bond acceptors (Lipinski definition) is 1. The van der Waals surface area contributed by atoms with Gasteiger partial charge in [-0.1, -0.05) is 13.8 Å². The summed E-state index contributed by atoms with van der Waals surface area (Å²) in [5.74, 6) is 1.64. The van der Waals surface area contributed by atoms with E-state index in [-0.39, 0.29) is 0 Å². The van der Waals surface area contributed by atoms with Gasteiger partial charge in [0.1, 0.15) is 5.44 Å². The fourth-order valence-electron chi connectivity index (χ4n) is 0.328. The summed E-state index contributed by atoms with van der Waals surface area (Å²) < 4.78 is 0. The van der Waals surface area contributed by atoms with Crippen molar-refractivity contribution in [2.24, 2.45) is 5.92 Å². The Kier molecular flexibility index (Phi) is 4.38. The minimum absolute atomic E-state index is 0.447. The van der Waals surface area contributed by atoms with Crippen LogP contribution in [-0.2, 0) is 5.11 Å². The lowest BCUT2D eigenvalue weighted by atomic mass is 10.3. The van der Waals surface area contributed by atoms with Crippen LogP contribution in [0.5, 0.6) is 0 Å². The Hall–Kier alpha value is 0.310. The Morgan fingerprint density at radius 2 is 1.88 bits per heavy atom. The van der Waals surface area contributed by atoms with Gasteiger partial charge in [-0.2, -0.15) is 0 Å². The van der Waals surface area contributed by atoms with Crippen molar-refractivity contribution in [2.75, 3.05) is 5.75 Å². The minimum atomic E-state index is -0.447. The van der Waals surface area contributed by atoms with Crippen LogP contribution in [0.15, 0.2) is 0 Å². The molecule has 0 heterocycles. The van der Waals surface area contributed by atoms with Crippen molar-refractivity contribution in [2.45, 2.75) is 26.2 Å². The number of thioether (sulfide) groups is 1. The molecule has 1 nitrogen and oxygen atoms in total. The maximum absolute atomic E-state index is 10.4. The molecule has 0 saturated carbocycles. The molecule has 0 aromatic carbocycles. The van der Waals surface area contributed by atoms with E-state index in [1.54, 1.807) is 6.92 Å². The molecule has 49 valence electrons. The fraction of sp³-hybridized carbons (Fsp3) is 1.00.